The Bertz CT molecular complexity index is 439. The molecule has 2 N–H and O–H groups in total. The Hall–Kier alpha value is -1.68. The number of oxazole rings is 1. The summed E-state index contributed by atoms with van der Waals surface area (Å²) in [5, 5.41) is 0. The minimum atomic E-state index is -0.304. The van der Waals surface area contributed by atoms with Gasteiger partial charge in [0.05, 0.1) is 0 Å². The Morgan fingerprint density at radius 2 is 2.29 bits per heavy atom. The van der Waals surface area contributed by atoms with Crippen molar-refractivity contribution in [3.63, 3.8) is 0 Å². The lowest BCUT2D eigenvalue weighted by molar-refractivity contribution is 0.569. The summed E-state index contributed by atoms with van der Waals surface area (Å²) in [5.41, 5.74) is 6.74. The van der Waals surface area contributed by atoms with Crippen LogP contribution in [0.1, 0.15) is 5.69 Å². The second kappa shape index (κ2) is 3.59. The van der Waals surface area contributed by atoms with Crippen molar-refractivity contribution in [2.45, 2.75) is 6.54 Å². The van der Waals surface area contributed by atoms with Crippen molar-refractivity contribution >= 4 is 0 Å². The first-order valence-corrected chi connectivity index (χ1v) is 4.19. The molecule has 1 heterocycles. The van der Waals surface area contributed by atoms with Gasteiger partial charge in [0, 0.05) is 12.1 Å². The maximum absolute atomic E-state index is 12.9. The molecule has 0 bridgehead atoms. The van der Waals surface area contributed by atoms with Gasteiger partial charge in [-0.25, -0.2) is 9.37 Å². The molecule has 0 unspecified atom stereocenters. The Balaban J connectivity index is 2.49. The van der Waals surface area contributed by atoms with Gasteiger partial charge in [0.2, 0.25) is 0 Å². The molecular formula is C10H9FN2O. The van der Waals surface area contributed by atoms with E-state index in [0.29, 0.717) is 17.0 Å². The van der Waals surface area contributed by atoms with E-state index in [1.807, 2.05) is 0 Å². The molecule has 0 amide bonds. The van der Waals surface area contributed by atoms with Crippen LogP contribution in [-0.4, -0.2) is 4.98 Å². The monoisotopic (exact) mass is 192 g/mol. The van der Waals surface area contributed by atoms with E-state index in [1.165, 1.54) is 18.5 Å². The van der Waals surface area contributed by atoms with Crippen molar-refractivity contribution in [3.8, 4) is 11.3 Å². The van der Waals surface area contributed by atoms with Crippen molar-refractivity contribution in [2.75, 3.05) is 0 Å². The quantitative estimate of drug-likeness (QED) is 0.791. The van der Waals surface area contributed by atoms with Crippen LogP contribution in [0.3, 0.4) is 0 Å². The average Bonchev–Trinajstić information content (AvgIpc) is 2.65. The predicted octanol–water partition coefficient (Wildman–Crippen LogP) is 1.94. The summed E-state index contributed by atoms with van der Waals surface area (Å²) >= 11 is 0. The molecule has 0 fully saturated rings. The van der Waals surface area contributed by atoms with Crippen molar-refractivity contribution in [1.29, 1.82) is 0 Å². The first kappa shape index (κ1) is 8.90. The smallest absolute Gasteiger partial charge is 0.181 e. The van der Waals surface area contributed by atoms with Gasteiger partial charge >= 0.3 is 0 Å². The average molecular weight is 192 g/mol. The Morgan fingerprint density at radius 1 is 1.43 bits per heavy atom. The number of nitrogens with zero attached hydrogens (tertiary/aromatic N) is 1. The molecule has 3 nitrogen and oxygen atoms in total. The molecule has 0 aliphatic rings. The van der Waals surface area contributed by atoms with Gasteiger partial charge in [-0.05, 0) is 12.1 Å². The number of hydrogen-bond donors (Lipinski definition) is 1. The largest absolute Gasteiger partial charge is 0.443 e. The molecule has 0 aliphatic heterocycles. The van der Waals surface area contributed by atoms with Crippen LogP contribution in [0.25, 0.3) is 11.3 Å². The van der Waals surface area contributed by atoms with Gasteiger partial charge in [0.25, 0.3) is 0 Å². The number of aromatic nitrogens is 1. The molecule has 0 atom stereocenters. The molecule has 14 heavy (non-hydrogen) atoms. The van der Waals surface area contributed by atoms with Crippen LogP contribution in [0, 0.1) is 5.82 Å². The highest BCUT2D eigenvalue weighted by Gasteiger charge is 2.09. The van der Waals surface area contributed by atoms with Gasteiger partial charge in [-0.3, -0.25) is 0 Å². The van der Waals surface area contributed by atoms with Gasteiger partial charge < -0.3 is 10.2 Å². The first-order chi connectivity index (χ1) is 6.81. The maximum Gasteiger partial charge on any atom is 0.181 e. The lowest BCUT2D eigenvalue weighted by Crippen LogP contribution is -1.98. The van der Waals surface area contributed by atoms with Gasteiger partial charge in [-0.2, -0.15) is 0 Å². The summed E-state index contributed by atoms with van der Waals surface area (Å²) < 4.78 is 18.0. The standard InChI is InChI=1S/C10H9FN2O/c11-8-3-1-2-7(4-8)10-9(5-12)13-6-14-10/h1-4,6H,5,12H2. The fraction of sp³-hybridized carbons (Fsp3) is 0.100. The van der Waals surface area contributed by atoms with Crippen LogP contribution in [0.5, 0.6) is 0 Å². The van der Waals surface area contributed by atoms with E-state index in [0.717, 1.165) is 0 Å². The van der Waals surface area contributed by atoms with Crippen LogP contribution in [-0.2, 0) is 6.54 Å². The normalized spacial score (nSPS) is 10.4. The summed E-state index contributed by atoms with van der Waals surface area (Å²) in [6.07, 6.45) is 1.31. The molecule has 1 aromatic heterocycles. The van der Waals surface area contributed by atoms with E-state index < -0.39 is 0 Å². The van der Waals surface area contributed by atoms with Crippen molar-refractivity contribution < 1.29 is 8.81 Å². The number of hydrogen-bond acceptors (Lipinski definition) is 3. The molecule has 72 valence electrons. The fourth-order valence-electron chi connectivity index (χ4n) is 1.28. The zero-order valence-corrected chi connectivity index (χ0v) is 7.40. The van der Waals surface area contributed by atoms with Gasteiger partial charge in [-0.1, -0.05) is 12.1 Å². The Labute approximate surface area is 80.4 Å². The number of halogens is 1. The summed E-state index contributed by atoms with van der Waals surface area (Å²) in [4.78, 5) is 3.93. The van der Waals surface area contributed by atoms with E-state index in [-0.39, 0.29) is 12.4 Å². The van der Waals surface area contributed by atoms with E-state index in [2.05, 4.69) is 4.98 Å². The minimum absolute atomic E-state index is 0.280. The predicted molar refractivity (Wildman–Crippen MR) is 49.8 cm³/mol. The van der Waals surface area contributed by atoms with Crippen molar-refractivity contribution in [2.24, 2.45) is 5.73 Å². The summed E-state index contributed by atoms with van der Waals surface area (Å²) in [7, 11) is 0. The van der Waals surface area contributed by atoms with Crippen LogP contribution in [0.2, 0.25) is 0 Å². The summed E-state index contributed by atoms with van der Waals surface area (Å²) in [6, 6.07) is 6.14. The third-order valence-electron chi connectivity index (χ3n) is 1.92. The van der Waals surface area contributed by atoms with E-state index >= 15 is 0 Å². The Kier molecular flexibility index (Phi) is 2.28. The van der Waals surface area contributed by atoms with Crippen molar-refractivity contribution in [3.05, 3.63) is 42.2 Å². The zero-order chi connectivity index (χ0) is 9.97. The molecule has 2 rings (SSSR count). The molecule has 0 aliphatic carbocycles. The van der Waals surface area contributed by atoms with Crippen LogP contribution in [0.15, 0.2) is 35.1 Å². The summed E-state index contributed by atoms with van der Waals surface area (Å²) in [6.45, 7) is 0.280. The van der Waals surface area contributed by atoms with E-state index in [4.69, 9.17) is 10.2 Å². The lowest BCUT2D eigenvalue weighted by Gasteiger charge is -1.98. The SMILES string of the molecule is NCc1ncoc1-c1cccc(F)c1. The summed E-state index contributed by atoms with van der Waals surface area (Å²) in [5.74, 6) is 0.230. The molecular weight excluding hydrogens is 183 g/mol. The lowest BCUT2D eigenvalue weighted by atomic mass is 10.1. The van der Waals surface area contributed by atoms with Gasteiger partial charge in [-0.15, -0.1) is 0 Å². The minimum Gasteiger partial charge on any atom is -0.443 e. The second-order valence-corrected chi connectivity index (χ2v) is 2.84. The van der Waals surface area contributed by atoms with Crippen LogP contribution < -0.4 is 5.73 Å². The first-order valence-electron chi connectivity index (χ1n) is 4.19. The van der Waals surface area contributed by atoms with Crippen molar-refractivity contribution in [1.82, 2.24) is 4.98 Å². The highest BCUT2D eigenvalue weighted by molar-refractivity contribution is 5.59. The highest BCUT2D eigenvalue weighted by atomic mass is 19.1. The topological polar surface area (TPSA) is 52.0 Å². The maximum atomic E-state index is 12.9. The van der Waals surface area contributed by atoms with Crippen LogP contribution >= 0.6 is 0 Å². The Morgan fingerprint density at radius 3 is 3.00 bits per heavy atom. The number of nitrogens with two attached hydrogens (primary N) is 1. The number of rotatable bonds is 2. The highest BCUT2D eigenvalue weighted by Crippen LogP contribution is 2.23. The van der Waals surface area contributed by atoms with Gasteiger partial charge in [0.1, 0.15) is 11.5 Å². The molecule has 4 heteroatoms. The molecule has 2 aromatic rings. The molecule has 0 radical (unpaired) electrons. The molecule has 0 saturated carbocycles. The second-order valence-electron chi connectivity index (χ2n) is 2.84. The zero-order valence-electron chi connectivity index (χ0n) is 7.40. The van der Waals surface area contributed by atoms with Gasteiger partial charge in [0.15, 0.2) is 12.2 Å². The molecule has 0 saturated heterocycles. The van der Waals surface area contributed by atoms with E-state index in [9.17, 15) is 4.39 Å². The fourth-order valence-corrected chi connectivity index (χ4v) is 1.28. The number of benzene rings is 1. The van der Waals surface area contributed by atoms with Crippen LogP contribution in [0.4, 0.5) is 4.39 Å². The molecule has 1 aromatic carbocycles. The van der Waals surface area contributed by atoms with E-state index in [1.54, 1.807) is 12.1 Å². The third-order valence-corrected chi connectivity index (χ3v) is 1.92. The third kappa shape index (κ3) is 1.52. The molecule has 0 spiro atoms.